The summed E-state index contributed by atoms with van der Waals surface area (Å²) in [4.78, 5) is 17.2. The number of benzene rings is 1. The Hall–Kier alpha value is -1.80. The number of carbonyl (C=O) groups excluding carboxylic acids is 1. The number of amides is 1. The summed E-state index contributed by atoms with van der Waals surface area (Å²) in [6.07, 6.45) is 0.234. The topological polar surface area (TPSA) is 89.1 Å². The first-order valence-corrected chi connectivity index (χ1v) is 10.6. The highest BCUT2D eigenvalue weighted by Crippen LogP contribution is 2.34. The molecule has 0 bridgehead atoms. The molecule has 2 aliphatic heterocycles. The van der Waals surface area contributed by atoms with E-state index < -0.39 is 56.1 Å². The standard InChI is InChI=1S/C17H16F3IN2O5/c18-11-8-21-2-1-12(11)22-15-10(16(25)23-28-4-3-24)7-9(13(19)14(15)20)17-26-5-6-27-17/h1-2,7-8,17,22,24H,3-6H2,(H,23,25). The van der Waals surface area contributed by atoms with E-state index in [2.05, 4.69) is 5.32 Å². The summed E-state index contributed by atoms with van der Waals surface area (Å²) in [6, 6.07) is 1.05. The number of halogens is 4. The molecule has 0 saturated carbocycles. The van der Waals surface area contributed by atoms with Crippen molar-refractivity contribution in [2.75, 3.05) is 31.7 Å². The maximum atomic E-state index is 14.8. The van der Waals surface area contributed by atoms with Crippen LogP contribution in [0.4, 0.5) is 18.9 Å². The Morgan fingerprint density at radius 1 is 1.29 bits per heavy atom. The van der Waals surface area contributed by atoms with Gasteiger partial charge in [0.2, 0.25) is 0 Å². The van der Waals surface area contributed by atoms with Crippen molar-refractivity contribution in [1.29, 1.82) is 0 Å². The van der Waals surface area contributed by atoms with Crippen LogP contribution in [-0.4, -0.2) is 41.5 Å². The van der Waals surface area contributed by atoms with Gasteiger partial charge in [0.15, 0.2) is 23.8 Å². The number of rotatable bonds is 7. The third-order valence-electron chi connectivity index (χ3n) is 3.69. The van der Waals surface area contributed by atoms with E-state index in [1.807, 2.05) is 5.48 Å². The minimum absolute atomic E-state index is 0.101. The minimum Gasteiger partial charge on any atom is -0.394 e. The molecular weight excluding hydrogens is 496 g/mol. The number of aliphatic hydroxyl groups excluding tert-OH is 1. The Bertz CT molecular complexity index is 854. The van der Waals surface area contributed by atoms with Gasteiger partial charge in [-0.15, -0.1) is 0 Å². The van der Waals surface area contributed by atoms with Crippen LogP contribution >= 0.6 is 20.7 Å². The smallest absolute Gasteiger partial charge is 0.277 e. The SMILES string of the molecule is O=C(NOCCO)c1cc(C2OCCO2)c(F)c(F)c1NC1=C(F)C=IC=C1. The summed E-state index contributed by atoms with van der Waals surface area (Å²) >= 11 is -0.589. The Kier molecular flexibility index (Phi) is 7.18. The average molecular weight is 512 g/mol. The first kappa shape index (κ1) is 20.9. The third kappa shape index (κ3) is 4.60. The molecule has 7 nitrogen and oxygen atoms in total. The molecule has 3 N–H and O–H groups in total. The lowest BCUT2D eigenvalue weighted by Crippen LogP contribution is -2.27. The fourth-order valence-electron chi connectivity index (χ4n) is 2.44. The molecule has 1 aromatic carbocycles. The Balaban J connectivity index is 2.02. The van der Waals surface area contributed by atoms with E-state index in [4.69, 9.17) is 19.4 Å². The number of hydroxylamine groups is 1. The second kappa shape index (κ2) is 9.60. The predicted octanol–water partition coefficient (Wildman–Crippen LogP) is 2.56. The normalized spacial score (nSPS) is 17.0. The summed E-state index contributed by atoms with van der Waals surface area (Å²) in [7, 11) is 0. The summed E-state index contributed by atoms with van der Waals surface area (Å²) in [5, 5.41) is 11.2. The Morgan fingerprint density at radius 2 is 2.04 bits per heavy atom. The number of allylic oxidation sites excluding steroid dienone is 2. The summed E-state index contributed by atoms with van der Waals surface area (Å²) in [6.45, 7) is -0.190. The molecule has 1 fully saturated rings. The molecule has 0 aromatic heterocycles. The molecule has 0 atom stereocenters. The maximum absolute atomic E-state index is 14.8. The highest BCUT2D eigenvalue weighted by molar-refractivity contribution is 14.2. The van der Waals surface area contributed by atoms with Gasteiger partial charge in [0.1, 0.15) is 0 Å². The molecule has 3 rings (SSSR count). The molecule has 0 unspecified atom stereocenters. The van der Waals surface area contributed by atoms with E-state index in [1.54, 1.807) is 4.08 Å². The van der Waals surface area contributed by atoms with Gasteiger partial charge in [0.25, 0.3) is 5.91 Å². The van der Waals surface area contributed by atoms with Gasteiger partial charge in [-0.3, -0.25) is 9.63 Å². The fourth-order valence-corrected chi connectivity index (χ4v) is 3.87. The second-order valence-electron chi connectivity index (χ2n) is 5.51. The molecule has 0 spiro atoms. The lowest BCUT2D eigenvalue weighted by Gasteiger charge is -2.19. The fraction of sp³-hybridized carbons (Fsp3) is 0.294. The van der Waals surface area contributed by atoms with Crippen LogP contribution in [0.1, 0.15) is 22.2 Å². The zero-order valence-corrected chi connectivity index (χ0v) is 16.5. The summed E-state index contributed by atoms with van der Waals surface area (Å²) in [5.41, 5.74) is 0.696. The quantitative estimate of drug-likeness (QED) is 0.296. The first-order valence-electron chi connectivity index (χ1n) is 8.09. The maximum Gasteiger partial charge on any atom is 0.277 e. The second-order valence-corrected chi connectivity index (χ2v) is 7.57. The van der Waals surface area contributed by atoms with E-state index in [1.165, 1.54) is 10.1 Å². The molecule has 1 aromatic rings. The Labute approximate surface area is 167 Å². The number of hydrogen-bond acceptors (Lipinski definition) is 6. The van der Waals surface area contributed by atoms with Crippen LogP contribution in [0.2, 0.25) is 0 Å². The number of aliphatic hydroxyl groups is 1. The molecule has 1 saturated heterocycles. The number of ether oxygens (including phenoxy) is 2. The molecule has 0 aliphatic carbocycles. The van der Waals surface area contributed by atoms with Gasteiger partial charge in [0, 0.05) is 9.58 Å². The first-order chi connectivity index (χ1) is 13.5. The highest BCUT2D eigenvalue weighted by Gasteiger charge is 2.30. The largest absolute Gasteiger partial charge is 0.394 e. The molecule has 2 aliphatic rings. The highest BCUT2D eigenvalue weighted by atomic mass is 127. The van der Waals surface area contributed by atoms with E-state index in [9.17, 15) is 18.0 Å². The van der Waals surface area contributed by atoms with E-state index in [-0.39, 0.29) is 43.3 Å². The molecular formula is C17H16F3IN2O5. The van der Waals surface area contributed by atoms with Crippen molar-refractivity contribution in [2.45, 2.75) is 6.29 Å². The molecule has 11 heteroatoms. The van der Waals surface area contributed by atoms with Crippen LogP contribution in [0.5, 0.6) is 0 Å². The third-order valence-corrected chi connectivity index (χ3v) is 5.37. The van der Waals surface area contributed by atoms with Crippen molar-refractivity contribution < 1.29 is 37.4 Å². The number of anilines is 1. The van der Waals surface area contributed by atoms with Gasteiger partial charge in [-0.2, -0.15) is 0 Å². The number of carbonyl (C=O) groups is 1. The lowest BCUT2D eigenvalue weighted by molar-refractivity contribution is -0.0468. The van der Waals surface area contributed by atoms with Gasteiger partial charge >= 0.3 is 0 Å². The molecule has 2 heterocycles. The number of nitrogens with one attached hydrogen (secondary N) is 2. The van der Waals surface area contributed by atoms with E-state index in [0.29, 0.717) is 0 Å². The minimum atomic E-state index is -1.39. The van der Waals surface area contributed by atoms with Crippen LogP contribution in [0.25, 0.3) is 0 Å². The van der Waals surface area contributed by atoms with Crippen molar-refractivity contribution in [1.82, 2.24) is 5.48 Å². The lowest BCUT2D eigenvalue weighted by atomic mass is 10.0. The average Bonchev–Trinajstić information content (AvgIpc) is 3.22. The van der Waals surface area contributed by atoms with Crippen molar-refractivity contribution in [2.24, 2.45) is 0 Å². The van der Waals surface area contributed by atoms with Gasteiger partial charge in [-0.25, -0.2) is 18.7 Å². The van der Waals surface area contributed by atoms with Crippen LogP contribution < -0.4 is 10.8 Å². The van der Waals surface area contributed by atoms with Gasteiger partial charge in [-0.05, 0) is 16.2 Å². The van der Waals surface area contributed by atoms with E-state index >= 15 is 0 Å². The van der Waals surface area contributed by atoms with E-state index in [0.717, 1.165) is 6.07 Å². The van der Waals surface area contributed by atoms with Crippen molar-refractivity contribution in [3.63, 3.8) is 0 Å². The van der Waals surface area contributed by atoms with Gasteiger partial charge in [-0.1, -0.05) is 20.7 Å². The molecule has 152 valence electrons. The van der Waals surface area contributed by atoms with Crippen molar-refractivity contribution >= 4 is 36.3 Å². The van der Waals surface area contributed by atoms with Crippen LogP contribution in [0, 0.1) is 11.6 Å². The summed E-state index contributed by atoms with van der Waals surface area (Å²) in [5.74, 6) is -4.21. The molecule has 0 radical (unpaired) electrons. The molecule has 1 amide bonds. The van der Waals surface area contributed by atoms with Crippen molar-refractivity contribution in [3.8, 4) is 0 Å². The zero-order chi connectivity index (χ0) is 20.1. The summed E-state index contributed by atoms with van der Waals surface area (Å²) < 4.78 is 56.9. The van der Waals surface area contributed by atoms with Crippen LogP contribution in [-0.2, 0) is 14.3 Å². The van der Waals surface area contributed by atoms with Gasteiger partial charge in [0.05, 0.1) is 43.4 Å². The van der Waals surface area contributed by atoms with Gasteiger partial charge < -0.3 is 19.9 Å². The monoisotopic (exact) mass is 512 g/mol. The molecule has 28 heavy (non-hydrogen) atoms. The van der Waals surface area contributed by atoms with Crippen LogP contribution in [0.3, 0.4) is 0 Å². The van der Waals surface area contributed by atoms with Crippen molar-refractivity contribution in [3.05, 3.63) is 50.5 Å². The van der Waals surface area contributed by atoms with Crippen LogP contribution in [0.15, 0.2) is 27.7 Å². The Morgan fingerprint density at radius 3 is 2.71 bits per heavy atom. The zero-order valence-electron chi connectivity index (χ0n) is 14.3. The predicted molar refractivity (Wildman–Crippen MR) is 102 cm³/mol. The number of hydrogen-bond donors (Lipinski definition) is 3.